The first kappa shape index (κ1) is 18.1. The number of ether oxygens (including phenoxy) is 1. The fourth-order valence-electron chi connectivity index (χ4n) is 3.03. The van der Waals surface area contributed by atoms with Gasteiger partial charge in [-0.1, -0.05) is 19.1 Å². The number of imidazole rings is 1. The number of amides is 1. The van der Waals surface area contributed by atoms with Crippen LogP contribution in [0.25, 0.3) is 4.96 Å². The number of nitrogens with zero attached hydrogens (tertiary/aromatic N) is 3. The second kappa shape index (κ2) is 7.74. The first-order valence-corrected chi connectivity index (χ1v) is 10.5. The van der Waals surface area contributed by atoms with Gasteiger partial charge >= 0.3 is 5.97 Å². The highest BCUT2D eigenvalue weighted by molar-refractivity contribution is 8.00. The number of thioether (sulfide) groups is 1. The van der Waals surface area contributed by atoms with Gasteiger partial charge in [0.25, 0.3) is 5.91 Å². The lowest BCUT2D eigenvalue weighted by Gasteiger charge is -2.22. The van der Waals surface area contributed by atoms with Gasteiger partial charge in [-0.2, -0.15) is 0 Å². The number of carbonyl (C=O) groups excluding carboxylic acids is 2. The van der Waals surface area contributed by atoms with Gasteiger partial charge in [0.05, 0.1) is 17.8 Å². The average molecular weight is 402 g/mol. The van der Waals surface area contributed by atoms with Gasteiger partial charge in [-0.3, -0.25) is 14.0 Å². The minimum Gasteiger partial charge on any atom is -0.455 e. The number of hydrogen-bond acceptors (Lipinski definition) is 6. The Kier molecular flexibility index (Phi) is 5.18. The molecule has 1 amide bonds. The molecule has 3 aromatic rings. The van der Waals surface area contributed by atoms with Crippen LogP contribution >= 0.6 is 23.1 Å². The number of esters is 1. The molecule has 0 spiro atoms. The maximum absolute atomic E-state index is 12.7. The number of para-hydroxylation sites is 1. The Bertz CT molecular complexity index is 953. The van der Waals surface area contributed by atoms with E-state index >= 15 is 0 Å². The molecule has 1 aliphatic heterocycles. The predicted octanol–water partition coefficient (Wildman–Crippen LogP) is 3.40. The first-order valence-electron chi connectivity index (χ1n) is 8.73. The van der Waals surface area contributed by atoms with Crippen LogP contribution in [-0.2, 0) is 20.7 Å². The van der Waals surface area contributed by atoms with Crippen molar-refractivity contribution in [3.05, 3.63) is 47.7 Å². The summed E-state index contributed by atoms with van der Waals surface area (Å²) in [7, 11) is 0. The lowest BCUT2D eigenvalue weighted by atomic mass is 10.2. The Morgan fingerprint density at radius 1 is 1.33 bits per heavy atom. The Hall–Kier alpha value is -2.32. The van der Waals surface area contributed by atoms with Gasteiger partial charge in [0.1, 0.15) is 0 Å². The van der Waals surface area contributed by atoms with E-state index in [1.165, 1.54) is 11.3 Å². The van der Waals surface area contributed by atoms with E-state index < -0.39 is 5.97 Å². The lowest BCUT2D eigenvalue weighted by molar-refractivity contribution is -0.147. The second-order valence-corrected chi connectivity index (χ2v) is 8.75. The van der Waals surface area contributed by atoms with E-state index in [2.05, 4.69) is 11.9 Å². The van der Waals surface area contributed by atoms with E-state index in [4.69, 9.17) is 4.74 Å². The van der Waals surface area contributed by atoms with Crippen molar-refractivity contribution in [1.82, 2.24) is 9.38 Å². The van der Waals surface area contributed by atoms with Gasteiger partial charge in [-0.25, -0.2) is 4.98 Å². The van der Waals surface area contributed by atoms with E-state index in [9.17, 15) is 9.59 Å². The summed E-state index contributed by atoms with van der Waals surface area (Å²) >= 11 is 3.28. The standard InChI is InChI=1S/C19H19N3O3S2/c1-13-6-7-22(15-4-2-3-5-16(15)27-13)17(23)12-25-18(24)10-14-11-21-8-9-26-19(21)20-14/h2-5,8-9,11,13H,6-7,10,12H2,1H3/t13-/m0/s1. The summed E-state index contributed by atoms with van der Waals surface area (Å²) < 4.78 is 7.10. The molecule has 0 unspecified atom stereocenters. The summed E-state index contributed by atoms with van der Waals surface area (Å²) in [6.07, 6.45) is 4.65. The van der Waals surface area contributed by atoms with Crippen molar-refractivity contribution in [3.8, 4) is 0 Å². The molecule has 6 nitrogen and oxygen atoms in total. The molecular formula is C19H19N3O3S2. The fourth-order valence-corrected chi connectivity index (χ4v) is 4.86. The highest BCUT2D eigenvalue weighted by Crippen LogP contribution is 2.37. The van der Waals surface area contributed by atoms with Crippen molar-refractivity contribution in [2.24, 2.45) is 0 Å². The molecule has 1 atom stereocenters. The summed E-state index contributed by atoms with van der Waals surface area (Å²) in [6.45, 7) is 2.53. The molecule has 27 heavy (non-hydrogen) atoms. The molecular weight excluding hydrogens is 382 g/mol. The summed E-state index contributed by atoms with van der Waals surface area (Å²) in [4.78, 5) is 32.8. The molecule has 8 heteroatoms. The number of fused-ring (bicyclic) bond motifs is 2. The van der Waals surface area contributed by atoms with Crippen molar-refractivity contribution >= 4 is 45.6 Å². The molecule has 2 aromatic heterocycles. The second-order valence-electron chi connectivity index (χ2n) is 6.39. The Morgan fingerprint density at radius 3 is 3.04 bits per heavy atom. The first-order chi connectivity index (χ1) is 13.1. The Labute approximate surface area is 165 Å². The molecule has 3 heterocycles. The molecule has 1 aromatic carbocycles. The number of thiazole rings is 1. The number of aromatic nitrogens is 2. The van der Waals surface area contributed by atoms with Crippen LogP contribution in [0.15, 0.2) is 46.9 Å². The third-order valence-corrected chi connectivity index (χ3v) is 6.38. The minimum absolute atomic E-state index is 0.0607. The summed E-state index contributed by atoms with van der Waals surface area (Å²) in [6, 6.07) is 7.87. The predicted molar refractivity (Wildman–Crippen MR) is 106 cm³/mol. The lowest BCUT2D eigenvalue weighted by Crippen LogP contribution is -2.36. The molecule has 0 saturated carbocycles. The highest BCUT2D eigenvalue weighted by Gasteiger charge is 2.25. The van der Waals surface area contributed by atoms with E-state index in [1.807, 2.05) is 40.2 Å². The zero-order valence-corrected chi connectivity index (χ0v) is 16.5. The zero-order chi connectivity index (χ0) is 18.8. The molecule has 4 rings (SSSR count). The number of anilines is 1. The quantitative estimate of drug-likeness (QED) is 0.627. The molecule has 0 fully saturated rings. The van der Waals surface area contributed by atoms with Crippen molar-refractivity contribution in [1.29, 1.82) is 0 Å². The van der Waals surface area contributed by atoms with Crippen LogP contribution in [-0.4, -0.2) is 39.7 Å². The van der Waals surface area contributed by atoms with Crippen molar-refractivity contribution in [2.45, 2.75) is 29.9 Å². The molecule has 0 saturated heterocycles. The third kappa shape index (κ3) is 4.01. The van der Waals surface area contributed by atoms with Crippen LogP contribution in [0.1, 0.15) is 19.0 Å². The fraction of sp³-hybridized carbons (Fsp3) is 0.316. The van der Waals surface area contributed by atoms with Crippen LogP contribution in [0, 0.1) is 0 Å². The molecule has 140 valence electrons. The number of hydrogen-bond donors (Lipinski definition) is 0. The SMILES string of the molecule is C[C@H]1CCN(C(=O)COC(=O)Cc2cn3ccsc3n2)c2ccccc2S1. The zero-order valence-electron chi connectivity index (χ0n) is 14.8. The van der Waals surface area contributed by atoms with Crippen LogP contribution in [0.5, 0.6) is 0 Å². The number of benzene rings is 1. The normalized spacial score (nSPS) is 16.8. The molecule has 0 aliphatic carbocycles. The van der Waals surface area contributed by atoms with Gasteiger partial charge in [0, 0.05) is 34.5 Å². The number of carbonyl (C=O) groups is 2. The Morgan fingerprint density at radius 2 is 2.19 bits per heavy atom. The van der Waals surface area contributed by atoms with Crippen molar-refractivity contribution < 1.29 is 14.3 Å². The highest BCUT2D eigenvalue weighted by atomic mass is 32.2. The number of rotatable bonds is 4. The maximum atomic E-state index is 12.7. The third-order valence-electron chi connectivity index (χ3n) is 4.37. The van der Waals surface area contributed by atoms with Crippen LogP contribution in [0.4, 0.5) is 5.69 Å². The van der Waals surface area contributed by atoms with E-state index in [1.54, 1.807) is 22.9 Å². The molecule has 1 aliphatic rings. The van der Waals surface area contributed by atoms with Gasteiger partial charge < -0.3 is 9.64 Å². The molecule has 0 bridgehead atoms. The van der Waals surface area contributed by atoms with Crippen molar-refractivity contribution in [2.75, 3.05) is 18.1 Å². The topological polar surface area (TPSA) is 63.9 Å². The van der Waals surface area contributed by atoms with Crippen LogP contribution in [0.2, 0.25) is 0 Å². The largest absolute Gasteiger partial charge is 0.455 e. The monoisotopic (exact) mass is 401 g/mol. The van der Waals surface area contributed by atoms with Crippen LogP contribution in [0.3, 0.4) is 0 Å². The smallest absolute Gasteiger partial charge is 0.312 e. The van der Waals surface area contributed by atoms with Crippen molar-refractivity contribution in [3.63, 3.8) is 0 Å². The van der Waals surface area contributed by atoms with Gasteiger partial charge in [-0.05, 0) is 18.6 Å². The van der Waals surface area contributed by atoms with E-state index in [-0.39, 0.29) is 18.9 Å². The summed E-state index contributed by atoms with van der Waals surface area (Å²) in [5.74, 6) is -0.642. The van der Waals surface area contributed by atoms with Gasteiger partial charge in [0.2, 0.25) is 0 Å². The summed E-state index contributed by atoms with van der Waals surface area (Å²) in [5.41, 5.74) is 1.53. The Balaban J connectivity index is 1.38. The van der Waals surface area contributed by atoms with Crippen LogP contribution < -0.4 is 4.90 Å². The van der Waals surface area contributed by atoms with E-state index in [0.29, 0.717) is 17.5 Å². The maximum Gasteiger partial charge on any atom is 0.312 e. The average Bonchev–Trinajstić information content (AvgIpc) is 3.18. The van der Waals surface area contributed by atoms with E-state index in [0.717, 1.165) is 22.0 Å². The summed E-state index contributed by atoms with van der Waals surface area (Å²) in [5, 5.41) is 2.36. The van der Waals surface area contributed by atoms with Gasteiger partial charge in [0.15, 0.2) is 11.6 Å². The van der Waals surface area contributed by atoms with Gasteiger partial charge in [-0.15, -0.1) is 23.1 Å². The molecule has 0 radical (unpaired) electrons. The molecule has 0 N–H and O–H groups in total. The minimum atomic E-state index is -0.444.